The molecule has 4 fully saturated rings. The summed E-state index contributed by atoms with van der Waals surface area (Å²) in [5.41, 5.74) is 19.6. The highest BCUT2D eigenvalue weighted by molar-refractivity contribution is 6.31. The normalized spacial score (nSPS) is 38.1. The number of hydrogen-bond donors (Lipinski definition) is 5. The van der Waals surface area contributed by atoms with Gasteiger partial charge < -0.3 is 21.1 Å². The van der Waals surface area contributed by atoms with E-state index < -0.39 is 0 Å². The number of piperidine rings is 1. The molecule has 1 aromatic heterocycles. The van der Waals surface area contributed by atoms with Crippen molar-refractivity contribution >= 4 is 23.3 Å². The molecule has 4 saturated heterocycles. The van der Waals surface area contributed by atoms with Gasteiger partial charge in [0.15, 0.2) is 0 Å². The van der Waals surface area contributed by atoms with Crippen LogP contribution in [-0.4, -0.2) is 72.0 Å². The van der Waals surface area contributed by atoms with Crippen molar-refractivity contribution in [3.63, 3.8) is 0 Å². The molecule has 5 heterocycles. The summed E-state index contributed by atoms with van der Waals surface area (Å²) in [6, 6.07) is 1.49. The maximum Gasteiger partial charge on any atom is 0.232 e. The summed E-state index contributed by atoms with van der Waals surface area (Å²) in [6.07, 6.45) is 3.14. The minimum Gasteiger partial charge on any atom is -0.384 e. The van der Waals surface area contributed by atoms with Crippen LogP contribution in [0.5, 0.6) is 0 Å². The maximum absolute atomic E-state index is 13.4. The van der Waals surface area contributed by atoms with E-state index >= 15 is 0 Å². The Balaban J connectivity index is 1.30. The van der Waals surface area contributed by atoms with Gasteiger partial charge in [-0.05, 0) is 31.4 Å². The van der Waals surface area contributed by atoms with E-state index in [1.165, 1.54) is 6.20 Å². The molecule has 4 unspecified atom stereocenters. The van der Waals surface area contributed by atoms with E-state index in [-0.39, 0.29) is 47.9 Å². The number of fused-ring (bicyclic) bond motifs is 1. The van der Waals surface area contributed by atoms with E-state index in [4.69, 9.17) is 27.8 Å². The van der Waals surface area contributed by atoms with Crippen molar-refractivity contribution in [1.29, 1.82) is 0 Å². The fourth-order valence-electron chi connectivity index (χ4n) is 5.63. The highest BCUT2D eigenvalue weighted by Gasteiger charge is 2.52. The van der Waals surface area contributed by atoms with Crippen molar-refractivity contribution in [2.45, 2.75) is 50.4 Å². The number of ether oxygens (including phenoxy) is 1. The van der Waals surface area contributed by atoms with Gasteiger partial charge in [0.2, 0.25) is 5.91 Å². The van der Waals surface area contributed by atoms with Crippen LogP contribution in [-0.2, 0) is 9.53 Å². The number of amides is 1. The third-order valence-corrected chi connectivity index (χ3v) is 7.98. The molecule has 170 valence electrons. The summed E-state index contributed by atoms with van der Waals surface area (Å²) in [5.74, 6) is 0.0736. The molecule has 5 rings (SSSR count). The number of likely N-dealkylation sites (tertiary alicyclic amines) is 1. The Morgan fingerprint density at radius 3 is 2.74 bits per heavy atom. The second-order valence-electron chi connectivity index (χ2n) is 9.33. The van der Waals surface area contributed by atoms with Gasteiger partial charge in [0.1, 0.15) is 12.1 Å². The fraction of sp³-hybridized carbons (Fsp3) is 0.700. The molecule has 0 radical (unpaired) electrons. The number of carbonyl (C=O) groups excluding carboxylic acids is 1. The zero-order valence-electron chi connectivity index (χ0n) is 17.8. The number of nitrogen functional groups attached to an aromatic ring is 1. The number of aromatic nitrogens is 1. The number of hydrogen-bond acceptors (Lipinski definition) is 9. The first kappa shape index (κ1) is 21.3. The lowest BCUT2D eigenvalue weighted by Crippen LogP contribution is -2.70. The lowest BCUT2D eigenvalue weighted by molar-refractivity contribution is -0.151. The maximum atomic E-state index is 13.4. The van der Waals surface area contributed by atoms with Crippen LogP contribution in [0.25, 0.3) is 0 Å². The molecule has 4 aliphatic heterocycles. The summed E-state index contributed by atoms with van der Waals surface area (Å²) in [6.45, 7) is 4.50. The summed E-state index contributed by atoms with van der Waals surface area (Å²) < 4.78 is 5.84. The average molecular weight is 451 g/mol. The summed E-state index contributed by atoms with van der Waals surface area (Å²) in [5, 5.41) is 4.09. The van der Waals surface area contributed by atoms with Gasteiger partial charge in [-0.1, -0.05) is 11.6 Å². The van der Waals surface area contributed by atoms with Crippen LogP contribution >= 0.6 is 11.6 Å². The van der Waals surface area contributed by atoms with Crippen molar-refractivity contribution < 1.29 is 9.53 Å². The van der Waals surface area contributed by atoms with Gasteiger partial charge in [0.25, 0.3) is 0 Å². The number of nitrogens with zero attached hydrogens (tertiary/aromatic N) is 3. The van der Waals surface area contributed by atoms with Gasteiger partial charge >= 0.3 is 0 Å². The molecule has 0 saturated carbocycles. The SMILES string of the molecule is C[C@@H]1OCC2(CCN(C3NC4NNC(c5cc(N)ncc5Cl)C4C(=O)N3C)CC2)[C@@H]1N. The second-order valence-corrected chi connectivity index (χ2v) is 9.74. The molecule has 0 aliphatic carbocycles. The second kappa shape index (κ2) is 7.80. The van der Waals surface area contributed by atoms with Crippen molar-refractivity contribution in [2.24, 2.45) is 17.1 Å². The number of nitrogens with one attached hydrogen (secondary N) is 3. The van der Waals surface area contributed by atoms with Crippen molar-refractivity contribution in [2.75, 3.05) is 32.5 Å². The Labute approximate surface area is 186 Å². The van der Waals surface area contributed by atoms with E-state index in [1.54, 1.807) is 11.0 Å². The molecule has 4 aliphatic rings. The molecule has 0 bridgehead atoms. The van der Waals surface area contributed by atoms with Gasteiger partial charge in [0.05, 0.1) is 35.9 Å². The number of carbonyl (C=O) groups is 1. The third kappa shape index (κ3) is 3.41. The molecule has 1 spiro atoms. The standard InChI is InChI=1S/C20H31ClN8O2/c1-10-16(23)20(9-31-10)3-5-29(6-4-20)19-25-17-14(18(30)28(19)2)15(26-27-17)11-7-13(22)24-8-12(11)21/h7-8,10,14-17,19,25-27H,3-6,9,23H2,1-2H3,(H2,22,24)/t10-,14?,15?,16+,17?,19?/m0/s1. The van der Waals surface area contributed by atoms with Crippen LogP contribution in [0.2, 0.25) is 5.02 Å². The van der Waals surface area contributed by atoms with Crippen molar-refractivity contribution in [3.8, 4) is 0 Å². The van der Waals surface area contributed by atoms with Gasteiger partial charge in [-0.25, -0.2) is 15.8 Å². The molecule has 7 N–H and O–H groups in total. The first-order chi connectivity index (χ1) is 14.8. The fourth-order valence-corrected chi connectivity index (χ4v) is 5.85. The number of hydrazine groups is 1. The highest BCUT2D eigenvalue weighted by atomic mass is 35.5. The topological polar surface area (TPSA) is 134 Å². The van der Waals surface area contributed by atoms with E-state index in [2.05, 4.69) is 33.0 Å². The molecular formula is C20H31ClN8O2. The van der Waals surface area contributed by atoms with Crippen LogP contribution in [0.1, 0.15) is 31.4 Å². The number of anilines is 1. The monoisotopic (exact) mass is 450 g/mol. The zero-order chi connectivity index (χ0) is 21.9. The van der Waals surface area contributed by atoms with Crippen molar-refractivity contribution in [3.05, 3.63) is 22.8 Å². The molecular weight excluding hydrogens is 420 g/mol. The van der Waals surface area contributed by atoms with E-state index in [0.717, 1.165) is 38.1 Å². The Morgan fingerprint density at radius 1 is 1.32 bits per heavy atom. The van der Waals surface area contributed by atoms with E-state index in [0.29, 0.717) is 10.8 Å². The zero-order valence-corrected chi connectivity index (χ0v) is 18.6. The number of pyridine rings is 1. The van der Waals surface area contributed by atoms with Gasteiger partial charge in [-0.3, -0.25) is 15.0 Å². The van der Waals surface area contributed by atoms with Gasteiger partial charge in [-0.15, -0.1) is 0 Å². The third-order valence-electron chi connectivity index (χ3n) is 7.67. The molecule has 1 amide bonds. The Bertz CT molecular complexity index is 864. The Kier molecular flexibility index (Phi) is 5.37. The lowest BCUT2D eigenvalue weighted by Gasteiger charge is -2.49. The molecule has 0 aromatic carbocycles. The summed E-state index contributed by atoms with van der Waals surface area (Å²) in [7, 11) is 1.85. The summed E-state index contributed by atoms with van der Waals surface area (Å²) >= 11 is 6.36. The summed E-state index contributed by atoms with van der Waals surface area (Å²) in [4.78, 5) is 21.6. The number of nitrogens with two attached hydrogens (primary N) is 2. The van der Waals surface area contributed by atoms with Crippen LogP contribution in [0.15, 0.2) is 12.3 Å². The molecule has 10 nitrogen and oxygen atoms in total. The Morgan fingerprint density at radius 2 is 2.06 bits per heavy atom. The van der Waals surface area contributed by atoms with Gasteiger partial charge in [-0.2, -0.15) is 0 Å². The van der Waals surface area contributed by atoms with E-state index in [9.17, 15) is 4.79 Å². The predicted octanol–water partition coefficient (Wildman–Crippen LogP) is -0.418. The first-order valence-corrected chi connectivity index (χ1v) is 11.2. The highest BCUT2D eigenvalue weighted by Crippen LogP contribution is 2.42. The average Bonchev–Trinajstić information content (AvgIpc) is 3.30. The molecule has 1 aromatic rings. The molecule has 6 atom stereocenters. The number of halogens is 1. The van der Waals surface area contributed by atoms with Crippen LogP contribution in [0.3, 0.4) is 0 Å². The van der Waals surface area contributed by atoms with Crippen LogP contribution in [0.4, 0.5) is 5.82 Å². The largest absolute Gasteiger partial charge is 0.384 e. The lowest BCUT2D eigenvalue weighted by atomic mass is 9.73. The first-order valence-electron chi connectivity index (χ1n) is 10.9. The number of rotatable bonds is 2. The van der Waals surface area contributed by atoms with E-state index in [1.807, 2.05) is 7.05 Å². The van der Waals surface area contributed by atoms with Crippen LogP contribution < -0.4 is 27.6 Å². The molecule has 31 heavy (non-hydrogen) atoms. The minimum absolute atomic E-state index is 0.0476. The minimum atomic E-state index is -0.353. The van der Waals surface area contributed by atoms with Gasteiger partial charge in [0, 0.05) is 37.8 Å². The molecule has 11 heteroatoms. The Hall–Kier alpha value is -1.53. The predicted molar refractivity (Wildman–Crippen MR) is 116 cm³/mol. The quantitative estimate of drug-likeness (QED) is 0.407. The smallest absolute Gasteiger partial charge is 0.232 e. The van der Waals surface area contributed by atoms with Crippen LogP contribution in [0, 0.1) is 11.3 Å². The van der Waals surface area contributed by atoms with Crippen molar-refractivity contribution in [1.82, 2.24) is 31.0 Å².